The molecule has 6 nitrogen and oxygen atoms in total. The molecule has 5 rings (SSSR count). The zero-order chi connectivity index (χ0) is 30.9. The molecule has 1 saturated heterocycles. The van der Waals surface area contributed by atoms with Crippen molar-refractivity contribution in [2.24, 2.45) is 11.3 Å². The van der Waals surface area contributed by atoms with E-state index in [0.29, 0.717) is 28.6 Å². The number of amides is 1. The van der Waals surface area contributed by atoms with Crippen molar-refractivity contribution in [3.05, 3.63) is 112 Å². The minimum absolute atomic E-state index is 0.0322. The van der Waals surface area contributed by atoms with Crippen molar-refractivity contribution in [2.75, 3.05) is 17.1 Å². The van der Waals surface area contributed by atoms with Crippen LogP contribution in [0.15, 0.2) is 85.5 Å². The largest absolute Gasteiger partial charge is 0.329 e. The Labute approximate surface area is 264 Å². The number of halogens is 2. The molecule has 0 radical (unpaired) electrons. The highest BCUT2D eigenvalue weighted by atomic mass is 35.5. The summed E-state index contributed by atoms with van der Waals surface area (Å²) in [4.78, 5) is 16.8. The molecule has 1 heterocycles. The third-order valence-electron chi connectivity index (χ3n) is 8.76. The molecule has 0 N–H and O–H groups in total. The van der Waals surface area contributed by atoms with Gasteiger partial charge in [0.15, 0.2) is 0 Å². The van der Waals surface area contributed by atoms with Crippen molar-refractivity contribution in [1.29, 1.82) is 5.26 Å². The summed E-state index contributed by atoms with van der Waals surface area (Å²) in [5.41, 5.74) is 1.72. The maximum Gasteiger partial charge on any atom is 0.232 e. The van der Waals surface area contributed by atoms with E-state index < -0.39 is 27.5 Å². The van der Waals surface area contributed by atoms with E-state index in [9.17, 15) is 18.5 Å². The quantitative estimate of drug-likeness (QED) is 0.213. The normalized spacial score (nSPS) is 23.0. The molecule has 9 heteroatoms. The molecule has 0 bridgehead atoms. The highest BCUT2D eigenvalue weighted by Crippen LogP contribution is 2.54. The summed E-state index contributed by atoms with van der Waals surface area (Å²) in [5, 5.41) is 11.0. The zero-order valence-electron chi connectivity index (χ0n) is 24.3. The monoisotopic (exact) mass is 635 g/mol. The summed E-state index contributed by atoms with van der Waals surface area (Å²) in [6, 6.07) is 23.3. The molecule has 0 spiro atoms. The minimum atomic E-state index is -3.81. The van der Waals surface area contributed by atoms with E-state index in [1.807, 2.05) is 60.4 Å². The molecular formula is C34H35Cl2N3O3S. The van der Waals surface area contributed by atoms with Crippen LogP contribution in [-0.2, 0) is 14.8 Å². The van der Waals surface area contributed by atoms with Crippen LogP contribution in [0.25, 0.3) is 0 Å². The number of benzene rings is 3. The minimum Gasteiger partial charge on any atom is -0.329 e. The molecular weight excluding hydrogens is 601 g/mol. The van der Waals surface area contributed by atoms with Gasteiger partial charge in [-0.25, -0.2) is 8.42 Å². The molecule has 1 aliphatic heterocycles. The van der Waals surface area contributed by atoms with Crippen LogP contribution < -0.4 is 4.31 Å². The number of rotatable bonds is 10. The maximum absolute atomic E-state index is 14.8. The lowest BCUT2D eigenvalue weighted by atomic mass is 9.67. The standard InChI is InChI=1S/C34H35Cl2N3O3S/c1-4-18-34(2)20-29(25-9-7-10-28(36)19-25)32(24-14-16-27(35)17-15-24)39(33(34)40)31(23-12-13-23)22-38(43(3,41)42)30-11-6-5-8-26(30)21-37/h4-11,14-17,19,23,29,31-32H,1,12-13,18,20,22H2,2-3H3/t29-,31-,32-,34+/m1/s1. The van der Waals surface area contributed by atoms with Crippen LogP contribution >= 0.6 is 23.2 Å². The van der Waals surface area contributed by atoms with Crippen LogP contribution in [0.4, 0.5) is 5.69 Å². The molecule has 224 valence electrons. The van der Waals surface area contributed by atoms with Crippen LogP contribution in [0.5, 0.6) is 0 Å². The molecule has 1 amide bonds. The van der Waals surface area contributed by atoms with Crippen molar-refractivity contribution >= 4 is 44.8 Å². The second-order valence-corrected chi connectivity index (χ2v) is 14.7. The van der Waals surface area contributed by atoms with Crippen LogP contribution in [0.3, 0.4) is 0 Å². The van der Waals surface area contributed by atoms with Gasteiger partial charge in [0.1, 0.15) is 6.07 Å². The summed E-state index contributed by atoms with van der Waals surface area (Å²) in [7, 11) is -3.81. The first kappa shape index (κ1) is 31.1. The van der Waals surface area contributed by atoms with Crippen molar-refractivity contribution in [3.8, 4) is 6.07 Å². The van der Waals surface area contributed by atoms with E-state index in [1.54, 1.807) is 30.3 Å². The first-order chi connectivity index (χ1) is 20.5. The summed E-state index contributed by atoms with van der Waals surface area (Å²) < 4.78 is 28.0. The molecule has 4 atom stereocenters. The molecule has 0 aromatic heterocycles. The van der Waals surface area contributed by atoms with Crippen molar-refractivity contribution in [2.45, 2.75) is 50.6 Å². The van der Waals surface area contributed by atoms with Gasteiger partial charge in [-0.2, -0.15) is 5.26 Å². The van der Waals surface area contributed by atoms with Gasteiger partial charge >= 0.3 is 0 Å². The molecule has 2 aliphatic rings. The summed E-state index contributed by atoms with van der Waals surface area (Å²) in [5.74, 6) is -0.0743. The van der Waals surface area contributed by atoms with E-state index in [1.165, 1.54) is 4.31 Å². The van der Waals surface area contributed by atoms with E-state index in [4.69, 9.17) is 23.2 Å². The topological polar surface area (TPSA) is 81.5 Å². The highest BCUT2D eigenvalue weighted by Gasteiger charge is 2.54. The van der Waals surface area contributed by atoms with Gasteiger partial charge in [0.25, 0.3) is 0 Å². The molecule has 3 aromatic rings. The Morgan fingerprint density at radius 2 is 1.77 bits per heavy atom. The number of nitriles is 1. The van der Waals surface area contributed by atoms with Crippen molar-refractivity contribution < 1.29 is 13.2 Å². The van der Waals surface area contributed by atoms with E-state index in [0.717, 1.165) is 30.2 Å². The zero-order valence-corrected chi connectivity index (χ0v) is 26.6. The Morgan fingerprint density at radius 3 is 2.37 bits per heavy atom. The first-order valence-electron chi connectivity index (χ1n) is 14.4. The molecule has 1 saturated carbocycles. The van der Waals surface area contributed by atoms with E-state index in [-0.39, 0.29) is 29.9 Å². The first-order valence-corrected chi connectivity index (χ1v) is 17.0. The van der Waals surface area contributed by atoms with Gasteiger partial charge in [-0.05, 0) is 79.1 Å². The predicted octanol–water partition coefficient (Wildman–Crippen LogP) is 7.75. The van der Waals surface area contributed by atoms with Crippen molar-refractivity contribution in [1.82, 2.24) is 4.90 Å². The summed E-state index contributed by atoms with van der Waals surface area (Å²) >= 11 is 12.8. The van der Waals surface area contributed by atoms with Gasteiger partial charge in [-0.3, -0.25) is 9.10 Å². The molecule has 2 fully saturated rings. The summed E-state index contributed by atoms with van der Waals surface area (Å²) in [6.45, 7) is 5.97. The van der Waals surface area contributed by atoms with Gasteiger partial charge in [0.2, 0.25) is 15.9 Å². The Bertz CT molecular complexity index is 1670. The van der Waals surface area contributed by atoms with E-state index in [2.05, 4.69) is 12.6 Å². The molecule has 43 heavy (non-hydrogen) atoms. The third-order valence-corrected chi connectivity index (χ3v) is 10.4. The van der Waals surface area contributed by atoms with Crippen LogP contribution in [0.2, 0.25) is 10.0 Å². The Morgan fingerprint density at radius 1 is 1.07 bits per heavy atom. The van der Waals surface area contributed by atoms with Crippen LogP contribution in [0.1, 0.15) is 61.3 Å². The summed E-state index contributed by atoms with van der Waals surface area (Å²) in [6.07, 6.45) is 5.71. The predicted molar refractivity (Wildman–Crippen MR) is 173 cm³/mol. The number of nitrogens with zero attached hydrogens (tertiary/aromatic N) is 3. The van der Waals surface area contributed by atoms with Crippen LogP contribution in [0, 0.1) is 22.7 Å². The lowest BCUT2D eigenvalue weighted by Crippen LogP contribution is -2.59. The highest BCUT2D eigenvalue weighted by molar-refractivity contribution is 7.92. The lowest BCUT2D eigenvalue weighted by Gasteiger charge is -2.53. The van der Waals surface area contributed by atoms with Crippen LogP contribution in [-0.4, -0.2) is 38.1 Å². The number of sulfonamides is 1. The average Bonchev–Trinajstić information content (AvgIpc) is 3.81. The fraction of sp³-hybridized carbons (Fsp3) is 0.353. The number of likely N-dealkylation sites (tertiary alicyclic amines) is 1. The van der Waals surface area contributed by atoms with Gasteiger partial charge in [0.05, 0.1) is 41.6 Å². The number of piperidine rings is 1. The van der Waals surface area contributed by atoms with Gasteiger partial charge in [0, 0.05) is 16.0 Å². The number of hydrogen-bond acceptors (Lipinski definition) is 4. The van der Waals surface area contributed by atoms with Gasteiger partial charge in [-0.1, -0.05) is 72.6 Å². The number of carbonyl (C=O) groups is 1. The Kier molecular flexibility index (Phi) is 8.94. The van der Waals surface area contributed by atoms with Gasteiger partial charge < -0.3 is 4.90 Å². The smallest absolute Gasteiger partial charge is 0.232 e. The number of hydrogen-bond donors (Lipinski definition) is 0. The Balaban J connectivity index is 1.71. The lowest BCUT2D eigenvalue weighted by molar-refractivity contribution is -0.154. The maximum atomic E-state index is 14.8. The number of para-hydroxylation sites is 1. The number of allylic oxidation sites excluding steroid dienone is 1. The van der Waals surface area contributed by atoms with Crippen molar-refractivity contribution in [3.63, 3.8) is 0 Å². The number of carbonyl (C=O) groups excluding carboxylic acids is 1. The SMILES string of the molecule is C=CC[C@@]1(C)C[C@H](c2cccc(Cl)c2)[C@@H](c2ccc(Cl)cc2)N([C@H](CN(c2ccccc2C#N)S(C)(=O)=O)C2CC2)C1=O. The molecule has 0 unspecified atom stereocenters. The Hall–Kier alpha value is -3.31. The third kappa shape index (κ3) is 6.47. The molecule has 3 aromatic carbocycles. The second kappa shape index (κ2) is 12.4. The average molecular weight is 637 g/mol. The molecule has 1 aliphatic carbocycles. The van der Waals surface area contributed by atoms with E-state index >= 15 is 0 Å². The second-order valence-electron chi connectivity index (χ2n) is 12.0. The fourth-order valence-corrected chi connectivity index (χ4v) is 7.83. The van der Waals surface area contributed by atoms with Gasteiger partial charge in [-0.15, -0.1) is 6.58 Å². The number of anilines is 1. The fourth-order valence-electron chi connectivity index (χ4n) is 6.57.